The van der Waals surface area contributed by atoms with E-state index in [1.807, 2.05) is 13.8 Å². The van der Waals surface area contributed by atoms with Crippen LogP contribution in [0.2, 0.25) is 0 Å². The summed E-state index contributed by atoms with van der Waals surface area (Å²) in [7, 11) is 0. The quantitative estimate of drug-likeness (QED) is 0.265. The van der Waals surface area contributed by atoms with Gasteiger partial charge in [-0.1, -0.05) is 25.1 Å². The second-order valence-corrected chi connectivity index (χ2v) is 6.37. The lowest BCUT2D eigenvalue weighted by atomic mass is 10.0. The number of hydrogen-bond acceptors (Lipinski definition) is 8. The number of nitrogens with one attached hydrogen (secondary N) is 1. The van der Waals surface area contributed by atoms with Gasteiger partial charge in [-0.2, -0.15) is 4.98 Å². The number of rotatable bonds is 11. The van der Waals surface area contributed by atoms with Crippen LogP contribution >= 0.6 is 0 Å². The van der Waals surface area contributed by atoms with Gasteiger partial charge in [-0.25, -0.2) is 0 Å². The number of aliphatic hydroxyl groups excluding tert-OH is 1. The van der Waals surface area contributed by atoms with Gasteiger partial charge in [0.15, 0.2) is 0 Å². The van der Waals surface area contributed by atoms with Gasteiger partial charge in [0.2, 0.25) is 11.7 Å². The molecule has 0 bridgehead atoms. The number of nitro groups is 1. The van der Waals surface area contributed by atoms with Gasteiger partial charge in [0.1, 0.15) is 0 Å². The summed E-state index contributed by atoms with van der Waals surface area (Å²) < 4.78 is 10.6. The SMILES string of the molecule is C=CCOC[C@@H](O)CN[C@@H](c1nc(-c2ccc([N+](=O)[O-])cc2)no1)C(C)C. The molecule has 0 saturated heterocycles. The summed E-state index contributed by atoms with van der Waals surface area (Å²) in [6.07, 6.45) is 0.943. The number of aliphatic hydroxyl groups is 1. The zero-order chi connectivity index (χ0) is 19.8. The predicted molar refractivity (Wildman–Crippen MR) is 99.0 cm³/mol. The van der Waals surface area contributed by atoms with Crippen molar-refractivity contribution in [2.24, 2.45) is 5.92 Å². The maximum atomic E-state index is 10.7. The Morgan fingerprint density at radius 3 is 2.70 bits per heavy atom. The molecule has 2 rings (SSSR count). The molecule has 2 aromatic rings. The Balaban J connectivity index is 2.03. The van der Waals surface area contributed by atoms with Crippen molar-refractivity contribution in [3.63, 3.8) is 0 Å². The second-order valence-electron chi connectivity index (χ2n) is 6.37. The molecule has 0 aliphatic heterocycles. The highest BCUT2D eigenvalue weighted by Crippen LogP contribution is 2.24. The summed E-state index contributed by atoms with van der Waals surface area (Å²) in [6.45, 7) is 8.42. The van der Waals surface area contributed by atoms with Gasteiger partial charge in [-0.05, 0) is 18.1 Å². The lowest BCUT2D eigenvalue weighted by Gasteiger charge is -2.20. The van der Waals surface area contributed by atoms with Gasteiger partial charge in [0.05, 0.1) is 30.3 Å². The summed E-state index contributed by atoms with van der Waals surface area (Å²) in [5.41, 5.74) is 0.618. The van der Waals surface area contributed by atoms with Crippen LogP contribution in [0.5, 0.6) is 0 Å². The van der Waals surface area contributed by atoms with Crippen LogP contribution < -0.4 is 5.32 Å². The Bertz CT molecular complexity index is 744. The van der Waals surface area contributed by atoms with Crippen molar-refractivity contribution in [3.05, 3.63) is 52.9 Å². The molecule has 9 nitrogen and oxygen atoms in total. The fraction of sp³-hybridized carbons (Fsp3) is 0.444. The fourth-order valence-corrected chi connectivity index (χ4v) is 2.43. The van der Waals surface area contributed by atoms with E-state index >= 15 is 0 Å². The van der Waals surface area contributed by atoms with Gasteiger partial charge in [-0.15, -0.1) is 6.58 Å². The molecule has 1 aromatic heterocycles. The van der Waals surface area contributed by atoms with E-state index in [9.17, 15) is 15.2 Å². The predicted octanol–water partition coefficient (Wildman–Crippen LogP) is 2.50. The zero-order valence-corrected chi connectivity index (χ0v) is 15.4. The first-order chi connectivity index (χ1) is 12.9. The maximum Gasteiger partial charge on any atom is 0.269 e. The number of hydrogen-bond donors (Lipinski definition) is 2. The molecule has 0 radical (unpaired) electrons. The standard InChI is InChI=1S/C18H24N4O5/c1-4-9-26-11-15(23)10-19-16(12(2)3)18-20-17(21-27-18)13-5-7-14(8-6-13)22(24)25/h4-8,12,15-16,19,23H,1,9-11H2,2-3H3/t15-,16+/m0/s1. The number of ether oxygens (including phenoxy) is 1. The molecule has 2 N–H and O–H groups in total. The van der Waals surface area contributed by atoms with E-state index < -0.39 is 11.0 Å². The first-order valence-electron chi connectivity index (χ1n) is 8.61. The van der Waals surface area contributed by atoms with Crippen LogP contribution in [-0.2, 0) is 4.74 Å². The highest BCUT2D eigenvalue weighted by molar-refractivity contribution is 5.56. The molecule has 1 aromatic carbocycles. The van der Waals surface area contributed by atoms with Gasteiger partial charge in [0.25, 0.3) is 5.69 Å². The Kier molecular flexibility index (Phi) is 7.59. The lowest BCUT2D eigenvalue weighted by Crippen LogP contribution is -2.35. The Morgan fingerprint density at radius 2 is 2.11 bits per heavy atom. The normalized spacial score (nSPS) is 13.5. The van der Waals surface area contributed by atoms with Crippen molar-refractivity contribution in [2.75, 3.05) is 19.8 Å². The third kappa shape index (κ3) is 5.95. The van der Waals surface area contributed by atoms with E-state index in [4.69, 9.17) is 9.26 Å². The van der Waals surface area contributed by atoms with Crippen LogP contribution in [-0.4, -0.2) is 46.0 Å². The van der Waals surface area contributed by atoms with Crippen LogP contribution in [0.25, 0.3) is 11.4 Å². The fourth-order valence-electron chi connectivity index (χ4n) is 2.43. The molecule has 0 spiro atoms. The topological polar surface area (TPSA) is 124 Å². The molecule has 27 heavy (non-hydrogen) atoms. The minimum Gasteiger partial charge on any atom is -0.389 e. The van der Waals surface area contributed by atoms with E-state index in [1.54, 1.807) is 18.2 Å². The molecule has 146 valence electrons. The van der Waals surface area contributed by atoms with Crippen molar-refractivity contribution in [3.8, 4) is 11.4 Å². The highest BCUT2D eigenvalue weighted by atomic mass is 16.6. The molecule has 0 aliphatic carbocycles. The van der Waals surface area contributed by atoms with E-state index in [1.165, 1.54) is 12.1 Å². The van der Waals surface area contributed by atoms with Crippen molar-refractivity contribution in [1.82, 2.24) is 15.5 Å². The van der Waals surface area contributed by atoms with Crippen molar-refractivity contribution < 1.29 is 19.3 Å². The van der Waals surface area contributed by atoms with Gasteiger partial charge >= 0.3 is 0 Å². The summed E-state index contributed by atoms with van der Waals surface area (Å²) in [5.74, 6) is 0.872. The molecule has 0 amide bonds. The number of benzene rings is 1. The van der Waals surface area contributed by atoms with E-state index in [2.05, 4.69) is 22.0 Å². The average molecular weight is 376 g/mol. The number of nitro benzene ring substituents is 1. The molecule has 1 heterocycles. The van der Waals surface area contributed by atoms with Crippen LogP contribution in [0.3, 0.4) is 0 Å². The summed E-state index contributed by atoms with van der Waals surface area (Å²) in [4.78, 5) is 14.7. The lowest BCUT2D eigenvalue weighted by molar-refractivity contribution is -0.384. The molecule has 0 saturated carbocycles. The van der Waals surface area contributed by atoms with Crippen LogP contribution in [0.1, 0.15) is 25.8 Å². The third-order valence-electron chi connectivity index (χ3n) is 3.83. The minimum atomic E-state index is -0.678. The van der Waals surface area contributed by atoms with Gasteiger partial charge in [-0.3, -0.25) is 10.1 Å². The number of aromatic nitrogens is 2. The average Bonchev–Trinajstić information content (AvgIpc) is 3.11. The summed E-state index contributed by atoms with van der Waals surface area (Å²) in [6, 6.07) is 5.68. The van der Waals surface area contributed by atoms with E-state index in [-0.39, 0.29) is 24.3 Å². The van der Waals surface area contributed by atoms with Crippen molar-refractivity contribution in [1.29, 1.82) is 0 Å². The van der Waals surface area contributed by atoms with Crippen LogP contribution in [0, 0.1) is 16.0 Å². The number of non-ortho nitro benzene ring substituents is 1. The van der Waals surface area contributed by atoms with Crippen LogP contribution in [0.15, 0.2) is 41.4 Å². The van der Waals surface area contributed by atoms with E-state index in [0.717, 1.165) is 0 Å². The second kappa shape index (κ2) is 9.91. The minimum absolute atomic E-state index is 0.00291. The monoisotopic (exact) mass is 376 g/mol. The molecule has 0 fully saturated rings. The summed E-state index contributed by atoms with van der Waals surface area (Å²) in [5, 5.41) is 27.9. The summed E-state index contributed by atoms with van der Waals surface area (Å²) >= 11 is 0. The van der Waals surface area contributed by atoms with E-state index in [0.29, 0.717) is 30.4 Å². The molecule has 0 unspecified atom stereocenters. The highest BCUT2D eigenvalue weighted by Gasteiger charge is 2.23. The Morgan fingerprint density at radius 1 is 1.41 bits per heavy atom. The Labute approximate surface area is 157 Å². The van der Waals surface area contributed by atoms with Crippen LogP contribution in [0.4, 0.5) is 5.69 Å². The molecule has 0 aliphatic rings. The number of nitrogens with zero attached hydrogens (tertiary/aromatic N) is 3. The largest absolute Gasteiger partial charge is 0.389 e. The zero-order valence-electron chi connectivity index (χ0n) is 15.4. The molecular weight excluding hydrogens is 352 g/mol. The third-order valence-corrected chi connectivity index (χ3v) is 3.83. The maximum absolute atomic E-state index is 10.7. The molecular formula is C18H24N4O5. The van der Waals surface area contributed by atoms with Gasteiger partial charge < -0.3 is 19.7 Å². The first kappa shape index (κ1) is 20.7. The van der Waals surface area contributed by atoms with Gasteiger partial charge in [0, 0.05) is 24.2 Å². The van der Waals surface area contributed by atoms with Crippen molar-refractivity contribution >= 4 is 5.69 Å². The smallest absolute Gasteiger partial charge is 0.269 e. The first-order valence-corrected chi connectivity index (χ1v) is 8.61. The molecule has 9 heteroatoms. The molecule has 2 atom stereocenters. The van der Waals surface area contributed by atoms with Crippen molar-refractivity contribution in [2.45, 2.75) is 26.0 Å². The Hall–Kier alpha value is -2.62.